The summed E-state index contributed by atoms with van der Waals surface area (Å²) in [4.78, 5) is 0. The fraction of sp³-hybridized carbons (Fsp3) is 0.833. The van der Waals surface area contributed by atoms with Crippen LogP contribution in [0.4, 0.5) is 20.9 Å². The number of quaternary nitrogens is 2. The van der Waals surface area contributed by atoms with Crippen LogP contribution in [0.2, 0.25) is 0 Å². The SMILES string of the molecule is C.C.C.C.C=COCC[N+]1(C)CCCC1.C=COCC[N+]1(C)CCCC1.CS(=O)(=O)NS(=O)(=O)C(F)(F)F.O=S(=O)(F)NS(=O)(=O)F. The molecule has 0 amide bonds. The third-order valence-electron chi connectivity index (χ3n) is 5.79. The van der Waals surface area contributed by atoms with E-state index in [1.165, 1.54) is 73.4 Å². The molecule has 2 heterocycles. The summed E-state index contributed by atoms with van der Waals surface area (Å²) in [5.74, 6) is 0. The van der Waals surface area contributed by atoms with Crippen LogP contribution < -0.4 is 8.25 Å². The van der Waals surface area contributed by atoms with Gasteiger partial charge in [0.15, 0.2) is 0 Å². The fourth-order valence-corrected chi connectivity index (χ4v) is 6.65. The van der Waals surface area contributed by atoms with Crippen LogP contribution in [0.1, 0.15) is 55.4 Å². The van der Waals surface area contributed by atoms with Gasteiger partial charge in [-0.2, -0.15) is 30.0 Å². The number of halogens is 5. The molecule has 0 saturated carbocycles. The van der Waals surface area contributed by atoms with Crippen molar-refractivity contribution >= 4 is 40.9 Å². The lowest BCUT2D eigenvalue weighted by Crippen LogP contribution is -2.43. The van der Waals surface area contributed by atoms with Crippen LogP contribution in [0.5, 0.6) is 0 Å². The highest BCUT2D eigenvalue weighted by atomic mass is 32.3. The molecule has 14 nitrogen and oxygen atoms in total. The second-order valence-electron chi connectivity index (χ2n) is 9.83. The summed E-state index contributed by atoms with van der Waals surface area (Å²) in [5, 5.41) is 0. The zero-order chi connectivity index (χ0) is 34.2. The highest BCUT2D eigenvalue weighted by Crippen LogP contribution is 2.21. The molecule has 2 saturated heterocycles. The molecule has 0 bridgehead atoms. The van der Waals surface area contributed by atoms with Gasteiger partial charge in [0, 0.05) is 25.7 Å². The Hall–Kier alpha value is -1.63. The predicted molar refractivity (Wildman–Crippen MR) is 175 cm³/mol. The van der Waals surface area contributed by atoms with Crippen molar-refractivity contribution in [2.75, 3.05) is 72.8 Å². The van der Waals surface area contributed by atoms with Crippen molar-refractivity contribution in [1.82, 2.24) is 8.25 Å². The van der Waals surface area contributed by atoms with Crippen LogP contribution in [0.3, 0.4) is 0 Å². The number of likely N-dealkylation sites (tertiary alicyclic amines) is 2. The van der Waals surface area contributed by atoms with Gasteiger partial charge in [-0.15, -0.1) is 4.13 Å². The summed E-state index contributed by atoms with van der Waals surface area (Å²) in [6.07, 6.45) is 8.88. The number of ether oxygens (including phenoxy) is 2. The molecule has 2 rings (SSSR count). The molecule has 0 unspecified atom stereocenters. The summed E-state index contributed by atoms with van der Waals surface area (Å²) in [6, 6.07) is 0. The summed E-state index contributed by atoms with van der Waals surface area (Å²) >= 11 is 0. The minimum atomic E-state index is -5.79. The maximum atomic E-state index is 11.4. The molecule has 0 aromatic carbocycles. The summed E-state index contributed by atoms with van der Waals surface area (Å²) < 4.78 is 147. The molecule has 0 atom stereocenters. The number of nitrogens with one attached hydrogen (secondary N) is 2. The first-order valence-corrected chi connectivity index (χ1v) is 18.4. The molecule has 290 valence electrons. The Balaban J connectivity index is -0.000000116. The molecule has 0 aromatic heterocycles. The van der Waals surface area contributed by atoms with Crippen molar-refractivity contribution in [1.29, 1.82) is 0 Å². The number of hydrogen-bond donors (Lipinski definition) is 2. The van der Waals surface area contributed by atoms with E-state index in [1.807, 2.05) is 0 Å². The van der Waals surface area contributed by atoms with Crippen LogP contribution in [0, 0.1) is 0 Å². The number of sulfonamides is 2. The number of nitrogens with zero attached hydrogens (tertiary/aromatic N) is 2. The topological polar surface area (TPSA) is 179 Å². The average molecular weight is 785 g/mol. The Kier molecular flexibility index (Phi) is 30.0. The first-order chi connectivity index (χ1) is 19.2. The summed E-state index contributed by atoms with van der Waals surface area (Å²) in [5.41, 5.74) is -5.62. The van der Waals surface area contributed by atoms with Gasteiger partial charge in [0.25, 0.3) is 0 Å². The standard InChI is InChI=1S/2C9H18NO.C2H4F3NO4S2.4CH4.F2HNO4S2/c2*1-3-11-9-8-10(2)6-4-5-7-10;1-11(7,8)6-12(9,10)2(3,4)5;;;;;1-8(4,5)3-9(2,6)7/h2*3H,1,4-9H2,2H3;6H,1H3;4*1H4;3H/q2*+1;;;;;;. The van der Waals surface area contributed by atoms with Gasteiger partial charge in [-0.3, -0.25) is 0 Å². The van der Waals surface area contributed by atoms with Gasteiger partial charge in [-0.1, -0.05) is 54.8 Å². The van der Waals surface area contributed by atoms with Crippen molar-refractivity contribution in [2.24, 2.45) is 0 Å². The summed E-state index contributed by atoms with van der Waals surface area (Å²) in [6.45, 7) is 16.2. The minimum Gasteiger partial charge on any atom is -0.496 e. The van der Waals surface area contributed by atoms with Crippen molar-refractivity contribution in [3.05, 3.63) is 25.7 Å². The highest BCUT2D eigenvalue weighted by molar-refractivity contribution is 8.04. The molecule has 47 heavy (non-hydrogen) atoms. The van der Waals surface area contributed by atoms with Crippen molar-refractivity contribution in [3.63, 3.8) is 0 Å². The number of rotatable bonds is 12. The first-order valence-electron chi connectivity index (χ1n) is 12.3. The van der Waals surface area contributed by atoms with Gasteiger partial charge in [0.05, 0.1) is 59.1 Å². The van der Waals surface area contributed by atoms with Gasteiger partial charge >= 0.3 is 36.4 Å². The molecule has 2 aliphatic rings. The van der Waals surface area contributed by atoms with Crippen LogP contribution in [0.25, 0.3) is 0 Å². The minimum absolute atomic E-state index is 0. The van der Waals surface area contributed by atoms with Gasteiger partial charge in [-0.25, -0.2) is 16.8 Å². The normalized spacial score (nSPS) is 16.4. The largest absolute Gasteiger partial charge is 0.512 e. The van der Waals surface area contributed by atoms with E-state index in [2.05, 4.69) is 27.3 Å². The molecular weight excluding hydrogens is 728 g/mol. The second-order valence-corrected chi connectivity index (χ2v) is 15.9. The molecule has 23 heteroatoms. The monoisotopic (exact) mass is 784 g/mol. The van der Waals surface area contributed by atoms with Crippen molar-refractivity contribution in [3.8, 4) is 0 Å². The Bertz CT molecular complexity index is 1220. The average Bonchev–Trinajstić information content (AvgIpc) is 3.39. The molecule has 0 spiro atoms. The molecular formula is C24H57F5N4O10S4+2. The summed E-state index contributed by atoms with van der Waals surface area (Å²) in [7, 11) is -16.6. The first kappa shape index (κ1) is 57.6. The van der Waals surface area contributed by atoms with Gasteiger partial charge in [0.1, 0.15) is 26.3 Å². The molecule has 0 radical (unpaired) electrons. The Morgan fingerprint density at radius 3 is 1.09 bits per heavy atom. The van der Waals surface area contributed by atoms with E-state index in [9.17, 15) is 54.6 Å². The number of likely N-dealkylation sites (N-methyl/N-ethyl adjacent to an activating group) is 2. The van der Waals surface area contributed by atoms with Crippen LogP contribution >= 0.6 is 0 Å². The van der Waals surface area contributed by atoms with Gasteiger partial charge in [0.2, 0.25) is 10.0 Å². The molecule has 2 N–H and O–H groups in total. The van der Waals surface area contributed by atoms with Crippen molar-refractivity contribution in [2.45, 2.75) is 60.9 Å². The van der Waals surface area contributed by atoms with Crippen LogP contribution in [-0.4, -0.2) is 121 Å². The lowest BCUT2D eigenvalue weighted by atomic mass is 10.4. The molecule has 0 aliphatic carbocycles. The lowest BCUT2D eigenvalue weighted by molar-refractivity contribution is -0.897. The van der Waals surface area contributed by atoms with E-state index >= 15 is 0 Å². The second kappa shape index (κ2) is 24.5. The van der Waals surface area contributed by atoms with E-state index in [4.69, 9.17) is 9.47 Å². The molecule has 2 fully saturated rings. The number of alkyl halides is 3. The van der Waals surface area contributed by atoms with E-state index in [-0.39, 0.29) is 33.8 Å². The third kappa shape index (κ3) is 32.7. The zero-order valence-corrected chi connectivity index (χ0v) is 27.3. The quantitative estimate of drug-likeness (QED) is 0.0975. The highest BCUT2D eigenvalue weighted by Gasteiger charge is 2.47. The maximum absolute atomic E-state index is 11.4. The van der Waals surface area contributed by atoms with E-state index < -0.39 is 46.4 Å². The van der Waals surface area contributed by atoms with Crippen molar-refractivity contribution < 1.29 is 73.1 Å². The number of hydrogen-bond acceptors (Lipinski definition) is 10. The molecule has 0 aromatic rings. The Labute approximate surface area is 281 Å². The smallest absolute Gasteiger partial charge is 0.496 e. The predicted octanol–water partition coefficient (Wildman–Crippen LogP) is 3.71. The van der Waals surface area contributed by atoms with E-state index in [0.29, 0.717) is 10.4 Å². The van der Waals surface area contributed by atoms with Gasteiger partial charge < -0.3 is 18.4 Å². The van der Waals surface area contributed by atoms with Crippen LogP contribution in [-0.2, 0) is 50.3 Å². The zero-order valence-electron chi connectivity index (χ0n) is 24.1. The Morgan fingerprint density at radius 2 is 0.936 bits per heavy atom. The fourth-order valence-electron chi connectivity index (χ4n) is 3.72. The molecule has 2 aliphatic heterocycles. The van der Waals surface area contributed by atoms with E-state index in [0.717, 1.165) is 26.3 Å². The van der Waals surface area contributed by atoms with Gasteiger partial charge in [-0.05, 0) is 0 Å². The lowest BCUT2D eigenvalue weighted by Gasteiger charge is -2.28. The third-order valence-corrected chi connectivity index (χ3v) is 10.1. The Morgan fingerprint density at radius 1 is 0.660 bits per heavy atom. The van der Waals surface area contributed by atoms with E-state index in [1.54, 1.807) is 0 Å². The van der Waals surface area contributed by atoms with Crippen LogP contribution in [0.15, 0.2) is 25.7 Å². The maximum Gasteiger partial charge on any atom is 0.512 e.